The number of aromatic nitrogens is 2. The SMILES string of the molecule is CC1CCN(c2ncc(NC(=O)c3ccc(-c4cccs4)cc3)cn2)CC1. The first-order valence-electron chi connectivity index (χ1n) is 9.21. The van der Waals surface area contributed by atoms with E-state index in [4.69, 9.17) is 0 Å². The zero-order valence-electron chi connectivity index (χ0n) is 15.3. The Hall–Kier alpha value is -2.73. The van der Waals surface area contributed by atoms with Gasteiger partial charge in [-0.3, -0.25) is 4.79 Å². The summed E-state index contributed by atoms with van der Waals surface area (Å²) in [5, 5.41) is 4.92. The Bertz CT molecular complexity index is 883. The van der Waals surface area contributed by atoms with Crippen LogP contribution in [-0.2, 0) is 0 Å². The van der Waals surface area contributed by atoms with Crippen LogP contribution in [0, 0.1) is 5.92 Å². The Kier molecular flexibility index (Phi) is 5.16. The van der Waals surface area contributed by atoms with E-state index in [0.717, 1.165) is 30.5 Å². The molecular formula is C21H22N4OS. The smallest absolute Gasteiger partial charge is 0.255 e. The zero-order valence-corrected chi connectivity index (χ0v) is 16.1. The van der Waals surface area contributed by atoms with Crippen LogP contribution in [0.5, 0.6) is 0 Å². The molecule has 1 fully saturated rings. The highest BCUT2D eigenvalue weighted by molar-refractivity contribution is 7.13. The molecule has 0 aliphatic carbocycles. The normalized spacial score (nSPS) is 14.9. The Morgan fingerprint density at radius 1 is 1.11 bits per heavy atom. The van der Waals surface area contributed by atoms with Gasteiger partial charge in [-0.1, -0.05) is 25.1 Å². The molecule has 0 bridgehead atoms. The molecule has 1 saturated heterocycles. The second-order valence-corrected chi connectivity index (χ2v) is 7.90. The summed E-state index contributed by atoms with van der Waals surface area (Å²) in [5.74, 6) is 1.35. The first-order chi connectivity index (χ1) is 13.2. The van der Waals surface area contributed by atoms with Gasteiger partial charge in [0.2, 0.25) is 5.95 Å². The molecule has 1 aromatic carbocycles. The van der Waals surface area contributed by atoms with Gasteiger partial charge in [0.05, 0.1) is 18.1 Å². The number of carbonyl (C=O) groups excluding carboxylic acids is 1. The number of nitrogens with zero attached hydrogens (tertiary/aromatic N) is 3. The van der Waals surface area contributed by atoms with Gasteiger partial charge in [-0.05, 0) is 47.9 Å². The molecule has 0 saturated carbocycles. The van der Waals surface area contributed by atoms with E-state index in [1.54, 1.807) is 23.7 Å². The molecule has 3 aromatic rings. The summed E-state index contributed by atoms with van der Waals surface area (Å²) >= 11 is 1.68. The monoisotopic (exact) mass is 378 g/mol. The summed E-state index contributed by atoms with van der Waals surface area (Å²) in [6, 6.07) is 11.7. The number of rotatable bonds is 4. The quantitative estimate of drug-likeness (QED) is 0.715. The second kappa shape index (κ2) is 7.88. The largest absolute Gasteiger partial charge is 0.341 e. The average Bonchev–Trinajstić information content (AvgIpc) is 3.24. The summed E-state index contributed by atoms with van der Waals surface area (Å²) in [6.07, 6.45) is 5.70. The number of hydrogen-bond acceptors (Lipinski definition) is 5. The summed E-state index contributed by atoms with van der Waals surface area (Å²) in [5.41, 5.74) is 2.34. The number of thiophene rings is 1. The van der Waals surface area contributed by atoms with Crippen LogP contribution in [0.2, 0.25) is 0 Å². The lowest BCUT2D eigenvalue weighted by Gasteiger charge is -2.30. The minimum absolute atomic E-state index is 0.157. The van der Waals surface area contributed by atoms with Crippen LogP contribution in [0.25, 0.3) is 10.4 Å². The van der Waals surface area contributed by atoms with Gasteiger partial charge in [0.25, 0.3) is 5.91 Å². The molecule has 1 amide bonds. The number of benzene rings is 1. The van der Waals surface area contributed by atoms with Crippen molar-refractivity contribution in [2.45, 2.75) is 19.8 Å². The molecule has 6 heteroatoms. The number of nitrogens with one attached hydrogen (secondary N) is 1. The maximum atomic E-state index is 12.5. The molecule has 1 aliphatic heterocycles. The molecule has 1 aliphatic rings. The summed E-state index contributed by atoms with van der Waals surface area (Å²) in [4.78, 5) is 24.7. The van der Waals surface area contributed by atoms with Crippen molar-refractivity contribution in [1.29, 1.82) is 0 Å². The van der Waals surface area contributed by atoms with Gasteiger partial charge in [-0.25, -0.2) is 9.97 Å². The third-order valence-corrected chi connectivity index (χ3v) is 5.83. The maximum absolute atomic E-state index is 12.5. The van der Waals surface area contributed by atoms with Crippen molar-refractivity contribution in [3.63, 3.8) is 0 Å². The van der Waals surface area contributed by atoms with E-state index < -0.39 is 0 Å². The molecule has 4 rings (SSSR count). The first kappa shape index (κ1) is 17.7. The van der Waals surface area contributed by atoms with Gasteiger partial charge >= 0.3 is 0 Å². The van der Waals surface area contributed by atoms with E-state index >= 15 is 0 Å². The molecule has 27 heavy (non-hydrogen) atoms. The van der Waals surface area contributed by atoms with Crippen LogP contribution in [0.4, 0.5) is 11.6 Å². The number of hydrogen-bond donors (Lipinski definition) is 1. The zero-order chi connectivity index (χ0) is 18.6. The fourth-order valence-corrected chi connectivity index (χ4v) is 3.92. The number of amides is 1. The van der Waals surface area contributed by atoms with Crippen LogP contribution in [0.1, 0.15) is 30.1 Å². The number of piperidine rings is 1. The molecule has 0 unspecified atom stereocenters. The lowest BCUT2D eigenvalue weighted by atomic mass is 10.00. The summed E-state index contributed by atoms with van der Waals surface area (Å²) in [7, 11) is 0. The average molecular weight is 379 g/mol. The van der Waals surface area contributed by atoms with Gasteiger partial charge < -0.3 is 10.2 Å². The van der Waals surface area contributed by atoms with E-state index in [1.165, 1.54) is 17.7 Å². The highest BCUT2D eigenvalue weighted by Gasteiger charge is 2.18. The van der Waals surface area contributed by atoms with Crippen molar-refractivity contribution in [3.05, 3.63) is 59.7 Å². The van der Waals surface area contributed by atoms with E-state index in [1.807, 2.05) is 35.7 Å². The highest BCUT2D eigenvalue weighted by atomic mass is 32.1. The van der Waals surface area contributed by atoms with Gasteiger partial charge in [0.1, 0.15) is 0 Å². The van der Waals surface area contributed by atoms with Gasteiger partial charge in [-0.2, -0.15) is 0 Å². The van der Waals surface area contributed by atoms with Crippen molar-refractivity contribution >= 4 is 28.9 Å². The predicted octanol–water partition coefficient (Wildman–Crippen LogP) is 4.69. The lowest BCUT2D eigenvalue weighted by molar-refractivity contribution is 0.102. The van der Waals surface area contributed by atoms with Crippen LogP contribution < -0.4 is 10.2 Å². The fourth-order valence-electron chi connectivity index (χ4n) is 3.19. The molecule has 0 radical (unpaired) electrons. The van der Waals surface area contributed by atoms with Crippen molar-refractivity contribution in [2.24, 2.45) is 5.92 Å². The fraction of sp³-hybridized carbons (Fsp3) is 0.286. The minimum Gasteiger partial charge on any atom is -0.341 e. The number of carbonyl (C=O) groups is 1. The van der Waals surface area contributed by atoms with Crippen LogP contribution in [0.15, 0.2) is 54.2 Å². The van der Waals surface area contributed by atoms with Crippen LogP contribution >= 0.6 is 11.3 Å². The van der Waals surface area contributed by atoms with E-state index in [2.05, 4.69) is 33.2 Å². The molecule has 2 aromatic heterocycles. The molecule has 1 N–H and O–H groups in total. The van der Waals surface area contributed by atoms with Crippen molar-refractivity contribution < 1.29 is 4.79 Å². The summed E-state index contributed by atoms with van der Waals surface area (Å²) < 4.78 is 0. The Morgan fingerprint density at radius 3 is 2.44 bits per heavy atom. The lowest BCUT2D eigenvalue weighted by Crippen LogP contribution is -2.34. The first-order valence-corrected chi connectivity index (χ1v) is 10.1. The van der Waals surface area contributed by atoms with Gasteiger partial charge in [0.15, 0.2) is 0 Å². The maximum Gasteiger partial charge on any atom is 0.255 e. The van der Waals surface area contributed by atoms with Crippen molar-refractivity contribution in [2.75, 3.05) is 23.3 Å². The Labute approximate surface area is 163 Å². The number of anilines is 2. The minimum atomic E-state index is -0.157. The third-order valence-electron chi connectivity index (χ3n) is 4.92. The molecular weight excluding hydrogens is 356 g/mol. The molecule has 5 nitrogen and oxygen atoms in total. The standard InChI is InChI=1S/C21H22N4OS/c1-15-8-10-25(11-9-15)21-22-13-18(14-23-21)24-20(26)17-6-4-16(5-7-17)19-3-2-12-27-19/h2-7,12-15H,8-11H2,1H3,(H,24,26). The summed E-state index contributed by atoms with van der Waals surface area (Å²) in [6.45, 7) is 4.26. The third kappa shape index (κ3) is 4.17. The highest BCUT2D eigenvalue weighted by Crippen LogP contribution is 2.25. The molecule has 0 spiro atoms. The van der Waals surface area contributed by atoms with Gasteiger partial charge in [-0.15, -0.1) is 11.3 Å². The van der Waals surface area contributed by atoms with Crippen molar-refractivity contribution in [3.8, 4) is 10.4 Å². The molecule has 0 atom stereocenters. The Balaban J connectivity index is 1.39. The predicted molar refractivity (Wildman–Crippen MR) is 110 cm³/mol. The van der Waals surface area contributed by atoms with Crippen LogP contribution in [-0.4, -0.2) is 29.0 Å². The van der Waals surface area contributed by atoms with E-state index in [0.29, 0.717) is 11.3 Å². The molecule has 3 heterocycles. The second-order valence-electron chi connectivity index (χ2n) is 6.95. The van der Waals surface area contributed by atoms with Crippen LogP contribution in [0.3, 0.4) is 0 Å². The topological polar surface area (TPSA) is 58.1 Å². The Morgan fingerprint density at radius 2 is 1.81 bits per heavy atom. The van der Waals surface area contributed by atoms with E-state index in [-0.39, 0.29) is 5.91 Å². The van der Waals surface area contributed by atoms with Gasteiger partial charge in [0, 0.05) is 23.5 Å². The van der Waals surface area contributed by atoms with E-state index in [9.17, 15) is 4.79 Å². The van der Waals surface area contributed by atoms with Crippen molar-refractivity contribution in [1.82, 2.24) is 9.97 Å². The molecule has 138 valence electrons.